The van der Waals surface area contributed by atoms with Crippen molar-refractivity contribution in [2.24, 2.45) is 5.41 Å². The molecule has 1 N–H and O–H groups in total. The number of rotatable bonds is 8. The summed E-state index contributed by atoms with van der Waals surface area (Å²) in [5.41, 5.74) is 4.51. The van der Waals surface area contributed by atoms with Gasteiger partial charge in [0.25, 0.3) is 0 Å². The topological polar surface area (TPSA) is 76.2 Å². The highest BCUT2D eigenvalue weighted by atomic mass is 32.2. The Morgan fingerprint density at radius 3 is 2.57 bits per heavy atom. The molecular weight excluding hydrogens is 630 g/mol. The second-order valence-corrected chi connectivity index (χ2v) is 15.3. The lowest BCUT2D eigenvalue weighted by molar-refractivity contribution is -0.126. The first-order valence-electron chi connectivity index (χ1n) is 16.0. The van der Waals surface area contributed by atoms with Gasteiger partial charge < -0.3 is 14.8 Å². The third-order valence-electron chi connectivity index (χ3n) is 10.00. The first-order valence-corrected chi connectivity index (χ1v) is 17.9. The third kappa shape index (κ3) is 6.29. The number of nitrogens with one attached hydrogen (secondary N) is 1. The van der Waals surface area contributed by atoms with E-state index >= 15 is 0 Å². The van der Waals surface area contributed by atoms with E-state index in [9.17, 15) is 18.4 Å². The number of benzene rings is 1. The Hall–Kier alpha value is -3.05. The Labute approximate surface area is 275 Å². The molecule has 0 radical (unpaired) electrons. The van der Waals surface area contributed by atoms with Crippen molar-refractivity contribution in [3.05, 3.63) is 46.0 Å². The Morgan fingerprint density at radius 2 is 1.80 bits per heavy atom. The van der Waals surface area contributed by atoms with Crippen molar-refractivity contribution in [2.45, 2.75) is 45.5 Å². The molecule has 3 fully saturated rings. The Kier molecular flexibility index (Phi) is 8.59. The number of anilines is 2. The first kappa shape index (κ1) is 31.5. The molecule has 4 aromatic rings. The second-order valence-electron chi connectivity index (χ2n) is 13.0. The Balaban J connectivity index is 1.06. The van der Waals surface area contributed by atoms with Crippen LogP contribution in [0, 0.1) is 23.7 Å². The number of fused-ring (bicyclic) bond motifs is 2. The minimum atomic E-state index is -4.26. The minimum absolute atomic E-state index is 0.115. The van der Waals surface area contributed by atoms with Gasteiger partial charge in [-0.25, -0.2) is 4.98 Å². The molecule has 46 heavy (non-hydrogen) atoms. The molecule has 0 amide bonds. The van der Waals surface area contributed by atoms with Gasteiger partial charge in [-0.2, -0.15) is 35.2 Å². The number of thioether (sulfide) groups is 1. The summed E-state index contributed by atoms with van der Waals surface area (Å²) in [7, 11) is 1.74. The molecule has 7 rings (SSSR count). The molecule has 3 aromatic heterocycles. The molecule has 8 nitrogen and oxygen atoms in total. The standard InChI is InChI=1S/C33H39F3N8S2/c1-22-23(3-4-28-26(22)15-24(18-37)44(28)10-9-41-11-13-45-14-12-41)19-42-7-5-32(20-42)6-8-43(21-32)29-27-16-25(17-33(34,35)36)46-30(27)40-31(38-2)39-29/h3-4,15-16H,5-14,17,19-21H2,1-2H3,(H,38,39,40). The van der Waals surface area contributed by atoms with Gasteiger partial charge in [0.1, 0.15) is 22.4 Å². The maximum absolute atomic E-state index is 13.2. The van der Waals surface area contributed by atoms with Crippen LogP contribution in [-0.2, 0) is 19.5 Å². The highest BCUT2D eigenvalue weighted by Crippen LogP contribution is 2.44. The number of alkyl halides is 3. The number of aromatic nitrogens is 3. The fourth-order valence-corrected chi connectivity index (χ4v) is 9.57. The zero-order chi connectivity index (χ0) is 32.1. The van der Waals surface area contributed by atoms with Crippen LogP contribution in [0.1, 0.15) is 34.5 Å². The van der Waals surface area contributed by atoms with Gasteiger partial charge in [-0.05, 0) is 55.6 Å². The van der Waals surface area contributed by atoms with E-state index in [1.165, 1.54) is 22.6 Å². The minimum Gasteiger partial charge on any atom is -0.357 e. The lowest BCUT2D eigenvalue weighted by atomic mass is 9.86. The molecule has 244 valence electrons. The molecule has 3 aliphatic heterocycles. The summed E-state index contributed by atoms with van der Waals surface area (Å²) in [5, 5.41) is 14.8. The van der Waals surface area contributed by atoms with Gasteiger partial charge in [0.2, 0.25) is 5.95 Å². The molecule has 6 heterocycles. The number of halogens is 3. The zero-order valence-electron chi connectivity index (χ0n) is 26.3. The van der Waals surface area contributed by atoms with Crippen molar-refractivity contribution < 1.29 is 13.2 Å². The predicted molar refractivity (Wildman–Crippen MR) is 181 cm³/mol. The van der Waals surface area contributed by atoms with E-state index in [0.717, 1.165) is 105 Å². The van der Waals surface area contributed by atoms with Crippen molar-refractivity contribution in [3.8, 4) is 6.07 Å². The molecule has 3 saturated heterocycles. The van der Waals surface area contributed by atoms with Gasteiger partial charge in [-0.3, -0.25) is 9.80 Å². The van der Waals surface area contributed by atoms with Crippen LogP contribution in [-0.4, -0.2) is 94.9 Å². The van der Waals surface area contributed by atoms with Gasteiger partial charge >= 0.3 is 6.18 Å². The van der Waals surface area contributed by atoms with Crippen molar-refractivity contribution in [1.82, 2.24) is 24.3 Å². The van der Waals surface area contributed by atoms with E-state index in [0.29, 0.717) is 16.2 Å². The summed E-state index contributed by atoms with van der Waals surface area (Å²) in [6.07, 6.45) is -3.12. The molecule has 13 heteroatoms. The fourth-order valence-electron chi connectivity index (χ4n) is 7.54. The normalized spacial score (nSPS) is 21.3. The van der Waals surface area contributed by atoms with Crippen LogP contribution < -0.4 is 10.2 Å². The molecule has 1 unspecified atom stereocenters. The fraction of sp³-hybridized carbons (Fsp3) is 0.545. The van der Waals surface area contributed by atoms with Crippen molar-refractivity contribution in [1.29, 1.82) is 5.26 Å². The predicted octanol–water partition coefficient (Wildman–Crippen LogP) is 6.12. The number of likely N-dealkylation sites (tertiary alicyclic amines) is 1. The lowest BCUT2D eigenvalue weighted by Crippen LogP contribution is -2.35. The van der Waals surface area contributed by atoms with Gasteiger partial charge in [0, 0.05) is 92.1 Å². The van der Waals surface area contributed by atoms with Crippen molar-refractivity contribution in [2.75, 3.05) is 74.6 Å². The van der Waals surface area contributed by atoms with Crippen LogP contribution >= 0.6 is 23.1 Å². The summed E-state index contributed by atoms with van der Waals surface area (Å²) in [6, 6.07) is 10.6. The van der Waals surface area contributed by atoms with Gasteiger partial charge in [0.05, 0.1) is 11.8 Å². The maximum Gasteiger partial charge on any atom is 0.393 e. The number of thiophene rings is 1. The van der Waals surface area contributed by atoms with E-state index in [1.807, 2.05) is 11.8 Å². The number of hydrogen-bond donors (Lipinski definition) is 1. The maximum atomic E-state index is 13.2. The molecule has 0 saturated carbocycles. The summed E-state index contributed by atoms with van der Waals surface area (Å²) in [5.74, 6) is 3.52. The van der Waals surface area contributed by atoms with Crippen LogP contribution in [0.25, 0.3) is 21.1 Å². The molecule has 1 atom stereocenters. The summed E-state index contributed by atoms with van der Waals surface area (Å²) >= 11 is 3.11. The average Bonchev–Trinajstić information content (AvgIpc) is 3.82. The molecule has 0 bridgehead atoms. The van der Waals surface area contributed by atoms with E-state index < -0.39 is 12.6 Å². The Morgan fingerprint density at radius 1 is 1.00 bits per heavy atom. The van der Waals surface area contributed by atoms with Crippen LogP contribution in [0.15, 0.2) is 24.3 Å². The Bertz CT molecular complexity index is 1790. The van der Waals surface area contributed by atoms with Gasteiger partial charge in [0.15, 0.2) is 0 Å². The number of nitriles is 1. The molecule has 3 aliphatic rings. The summed E-state index contributed by atoms with van der Waals surface area (Å²) in [4.78, 5) is 17.3. The number of nitrogens with zero attached hydrogens (tertiary/aromatic N) is 7. The van der Waals surface area contributed by atoms with Crippen LogP contribution in [0.3, 0.4) is 0 Å². The molecular formula is C33H39F3N8S2. The number of aryl methyl sites for hydroxylation is 1. The van der Waals surface area contributed by atoms with Crippen LogP contribution in [0.4, 0.5) is 24.9 Å². The van der Waals surface area contributed by atoms with E-state index in [-0.39, 0.29) is 10.3 Å². The van der Waals surface area contributed by atoms with Crippen LogP contribution in [0.5, 0.6) is 0 Å². The van der Waals surface area contributed by atoms with E-state index in [2.05, 4.69) is 60.8 Å². The van der Waals surface area contributed by atoms with E-state index in [4.69, 9.17) is 4.98 Å². The zero-order valence-corrected chi connectivity index (χ0v) is 27.9. The molecule has 1 aromatic carbocycles. The SMILES string of the molecule is CNc1nc(N2CCC3(CCN(Cc4ccc5c(cc(C#N)n5CCN5CCSCC5)c4C)C3)C2)c2cc(CC(F)(F)F)sc2n1. The molecule has 1 spiro atoms. The van der Waals surface area contributed by atoms with Crippen molar-refractivity contribution in [3.63, 3.8) is 0 Å². The molecule has 0 aliphatic carbocycles. The van der Waals surface area contributed by atoms with Gasteiger partial charge in [-0.1, -0.05) is 6.07 Å². The van der Waals surface area contributed by atoms with E-state index in [1.54, 1.807) is 13.1 Å². The summed E-state index contributed by atoms with van der Waals surface area (Å²) in [6.45, 7) is 10.7. The smallest absolute Gasteiger partial charge is 0.357 e. The van der Waals surface area contributed by atoms with Crippen molar-refractivity contribution >= 4 is 56.0 Å². The van der Waals surface area contributed by atoms with Gasteiger partial charge in [-0.15, -0.1) is 11.3 Å². The second kappa shape index (κ2) is 12.5. The lowest BCUT2D eigenvalue weighted by Gasteiger charge is -2.26. The summed E-state index contributed by atoms with van der Waals surface area (Å²) < 4.78 is 41.7. The quantitative estimate of drug-likeness (QED) is 0.241. The van der Waals surface area contributed by atoms with Crippen LogP contribution in [0.2, 0.25) is 0 Å². The number of hydrogen-bond acceptors (Lipinski definition) is 9. The highest BCUT2D eigenvalue weighted by Gasteiger charge is 2.44. The average molecular weight is 669 g/mol. The third-order valence-corrected chi connectivity index (χ3v) is 12.0. The first-order chi connectivity index (χ1) is 22.1. The monoisotopic (exact) mass is 668 g/mol. The largest absolute Gasteiger partial charge is 0.393 e. The highest BCUT2D eigenvalue weighted by molar-refractivity contribution is 7.99.